The van der Waals surface area contributed by atoms with E-state index in [0.29, 0.717) is 17.6 Å². The van der Waals surface area contributed by atoms with E-state index >= 15 is 0 Å². The van der Waals surface area contributed by atoms with Crippen molar-refractivity contribution in [2.45, 2.75) is 6.54 Å². The molecule has 2 aromatic rings. The molecule has 92 valence electrons. The van der Waals surface area contributed by atoms with E-state index in [4.69, 9.17) is 17.8 Å². The Morgan fingerprint density at radius 3 is 2.58 bits per heavy atom. The molecule has 19 heavy (non-hydrogen) atoms. The zero-order valence-electron chi connectivity index (χ0n) is 10.7. The van der Waals surface area contributed by atoms with Crippen molar-refractivity contribution >= 4 is 19.0 Å². The number of methoxy groups -OCH3 is 1. The number of benzene rings is 2. The van der Waals surface area contributed by atoms with Crippen molar-refractivity contribution in [2.24, 2.45) is 0 Å². The lowest BCUT2D eigenvalue weighted by molar-refractivity contribution is 0.414. The Labute approximate surface area is 114 Å². The highest BCUT2D eigenvalue weighted by molar-refractivity contribution is 6.32. The normalized spacial score (nSPS) is 9.68. The molecular weight excluding hydrogens is 235 g/mol. The molecule has 0 aliphatic carbocycles. The first-order chi connectivity index (χ1) is 9.22. The molecule has 0 aromatic heterocycles. The second kappa shape index (κ2) is 5.97. The fourth-order valence-corrected chi connectivity index (χ4v) is 1.75. The molecule has 4 heteroatoms. The van der Waals surface area contributed by atoms with Gasteiger partial charge in [-0.25, -0.2) is 0 Å². The minimum Gasteiger partial charge on any atom is -0.497 e. The van der Waals surface area contributed by atoms with Gasteiger partial charge >= 0.3 is 0 Å². The summed E-state index contributed by atoms with van der Waals surface area (Å²) in [4.78, 5) is 0. The minimum absolute atomic E-state index is 0.586. The van der Waals surface area contributed by atoms with Crippen molar-refractivity contribution in [3.63, 3.8) is 0 Å². The highest BCUT2D eigenvalue weighted by Gasteiger charge is 2.02. The summed E-state index contributed by atoms with van der Waals surface area (Å²) in [5.41, 5.74) is 3.07. The average molecular weight is 248 g/mol. The van der Waals surface area contributed by atoms with E-state index in [-0.39, 0.29) is 0 Å². The summed E-state index contributed by atoms with van der Waals surface area (Å²) in [5, 5.41) is 12.2. The first-order valence-corrected chi connectivity index (χ1v) is 5.89. The maximum atomic E-state index is 9.03. The number of ether oxygens (including phenoxy) is 1. The standard InChI is InChI=1S/C15H13BN2O/c1-19-14-6-2-11(3-7-14)10-18-15-8-13(16)5-4-12(15)9-17/h2-8,18H,10H2,1H3. The minimum atomic E-state index is 0.586. The number of hydrogen-bond donors (Lipinski definition) is 1. The maximum absolute atomic E-state index is 9.03. The van der Waals surface area contributed by atoms with E-state index in [9.17, 15) is 0 Å². The van der Waals surface area contributed by atoms with Crippen molar-refractivity contribution in [1.82, 2.24) is 0 Å². The summed E-state index contributed by atoms with van der Waals surface area (Å²) in [6.07, 6.45) is 0. The molecule has 0 heterocycles. The van der Waals surface area contributed by atoms with Gasteiger partial charge in [-0.2, -0.15) is 5.26 Å². The van der Waals surface area contributed by atoms with E-state index < -0.39 is 0 Å². The number of rotatable bonds is 4. The summed E-state index contributed by atoms with van der Waals surface area (Å²) in [7, 11) is 7.36. The quantitative estimate of drug-likeness (QED) is 0.841. The third-order valence-electron chi connectivity index (χ3n) is 2.81. The predicted octanol–water partition coefficient (Wildman–Crippen LogP) is 1.97. The largest absolute Gasteiger partial charge is 0.497 e. The van der Waals surface area contributed by atoms with Crippen LogP contribution in [0, 0.1) is 11.3 Å². The van der Waals surface area contributed by atoms with E-state index in [1.54, 1.807) is 25.3 Å². The fraction of sp³-hybridized carbons (Fsp3) is 0.133. The molecule has 1 N–H and O–H groups in total. The van der Waals surface area contributed by atoms with Crippen molar-refractivity contribution in [1.29, 1.82) is 5.26 Å². The molecule has 0 atom stereocenters. The van der Waals surface area contributed by atoms with Crippen molar-refractivity contribution < 1.29 is 4.74 Å². The van der Waals surface area contributed by atoms with Gasteiger partial charge < -0.3 is 10.1 Å². The van der Waals surface area contributed by atoms with Gasteiger partial charge in [0, 0.05) is 6.54 Å². The lowest BCUT2D eigenvalue weighted by Gasteiger charge is -2.10. The summed E-state index contributed by atoms with van der Waals surface area (Å²) < 4.78 is 5.10. The average Bonchev–Trinajstić information content (AvgIpc) is 2.46. The van der Waals surface area contributed by atoms with Gasteiger partial charge in [0.25, 0.3) is 0 Å². The summed E-state index contributed by atoms with van der Waals surface area (Å²) >= 11 is 0. The molecule has 2 rings (SSSR count). The van der Waals surface area contributed by atoms with Gasteiger partial charge in [0.1, 0.15) is 19.7 Å². The Hall–Kier alpha value is -2.41. The second-order valence-electron chi connectivity index (χ2n) is 4.12. The first kappa shape index (κ1) is 13.0. The van der Waals surface area contributed by atoms with Crippen molar-refractivity contribution in [3.8, 4) is 11.8 Å². The third kappa shape index (κ3) is 3.29. The summed E-state index contributed by atoms with van der Waals surface area (Å²) in [5.74, 6) is 0.824. The molecule has 0 unspecified atom stereocenters. The molecule has 0 aliphatic heterocycles. The zero-order chi connectivity index (χ0) is 13.7. The predicted molar refractivity (Wildman–Crippen MR) is 76.9 cm³/mol. The first-order valence-electron chi connectivity index (χ1n) is 5.89. The third-order valence-corrected chi connectivity index (χ3v) is 2.81. The van der Waals surface area contributed by atoms with Crippen LogP contribution in [-0.4, -0.2) is 15.0 Å². The van der Waals surface area contributed by atoms with Crippen molar-refractivity contribution in [3.05, 3.63) is 53.6 Å². The summed E-state index contributed by atoms with van der Waals surface area (Å²) in [6.45, 7) is 0.627. The Kier molecular flexibility index (Phi) is 4.09. The van der Waals surface area contributed by atoms with Crippen LogP contribution in [0.2, 0.25) is 0 Å². The molecule has 0 fully saturated rings. The van der Waals surface area contributed by atoms with Gasteiger partial charge in [-0.1, -0.05) is 23.7 Å². The van der Waals surface area contributed by atoms with Crippen molar-refractivity contribution in [2.75, 3.05) is 12.4 Å². The van der Waals surface area contributed by atoms with Gasteiger partial charge in [0.05, 0.1) is 18.4 Å². The lowest BCUT2D eigenvalue weighted by atomic mass is 9.94. The number of nitrogens with one attached hydrogen (secondary N) is 1. The number of nitrogens with zero attached hydrogens (tertiary/aromatic N) is 1. The maximum Gasteiger partial charge on any atom is 0.118 e. The fourth-order valence-electron chi connectivity index (χ4n) is 1.75. The second-order valence-corrected chi connectivity index (χ2v) is 4.12. The molecule has 0 saturated heterocycles. The van der Waals surface area contributed by atoms with Crippen LogP contribution < -0.4 is 15.5 Å². The topological polar surface area (TPSA) is 45.0 Å². The Balaban J connectivity index is 2.09. The van der Waals surface area contributed by atoms with Crippen LogP contribution in [0.4, 0.5) is 5.69 Å². The van der Waals surface area contributed by atoms with E-state index in [1.807, 2.05) is 24.3 Å². The van der Waals surface area contributed by atoms with Crippen LogP contribution in [0.5, 0.6) is 5.75 Å². The molecule has 0 spiro atoms. The van der Waals surface area contributed by atoms with Crippen LogP contribution >= 0.6 is 0 Å². The van der Waals surface area contributed by atoms with E-state index in [2.05, 4.69) is 11.4 Å². The Morgan fingerprint density at radius 1 is 1.21 bits per heavy atom. The molecule has 0 saturated carbocycles. The molecule has 0 bridgehead atoms. The monoisotopic (exact) mass is 248 g/mol. The molecule has 2 aromatic carbocycles. The van der Waals surface area contributed by atoms with Crippen LogP contribution in [0.25, 0.3) is 0 Å². The van der Waals surface area contributed by atoms with Crippen LogP contribution in [0.15, 0.2) is 42.5 Å². The van der Waals surface area contributed by atoms with Crippen LogP contribution in [0.3, 0.4) is 0 Å². The molecule has 3 nitrogen and oxygen atoms in total. The Morgan fingerprint density at radius 2 is 1.95 bits per heavy atom. The Bertz CT molecular complexity index is 603. The number of nitriles is 1. The van der Waals surface area contributed by atoms with E-state index in [1.165, 1.54) is 0 Å². The number of hydrogen-bond acceptors (Lipinski definition) is 3. The van der Waals surface area contributed by atoms with Gasteiger partial charge in [-0.15, -0.1) is 0 Å². The van der Waals surface area contributed by atoms with Crippen LogP contribution in [0.1, 0.15) is 11.1 Å². The SMILES string of the molecule is [B]c1ccc(C#N)c(NCc2ccc(OC)cc2)c1. The molecule has 0 aliphatic rings. The molecule has 2 radical (unpaired) electrons. The molecular formula is C15H13BN2O. The summed E-state index contributed by atoms with van der Waals surface area (Å²) in [6, 6.07) is 15.1. The zero-order valence-corrected chi connectivity index (χ0v) is 10.7. The lowest BCUT2D eigenvalue weighted by Crippen LogP contribution is -2.07. The van der Waals surface area contributed by atoms with Gasteiger partial charge in [0.2, 0.25) is 0 Å². The van der Waals surface area contributed by atoms with Gasteiger partial charge in [0.15, 0.2) is 0 Å². The van der Waals surface area contributed by atoms with Gasteiger partial charge in [-0.3, -0.25) is 0 Å². The highest BCUT2D eigenvalue weighted by Crippen LogP contribution is 2.15. The van der Waals surface area contributed by atoms with Gasteiger partial charge in [-0.05, 0) is 29.8 Å². The smallest absolute Gasteiger partial charge is 0.118 e. The highest BCUT2D eigenvalue weighted by atomic mass is 16.5. The van der Waals surface area contributed by atoms with E-state index in [0.717, 1.165) is 17.0 Å². The van der Waals surface area contributed by atoms with Crippen LogP contribution in [-0.2, 0) is 6.54 Å². The molecule has 0 amide bonds. The number of anilines is 1.